The van der Waals surface area contributed by atoms with Crippen molar-refractivity contribution in [1.82, 2.24) is 5.32 Å². The second-order valence-electron chi connectivity index (χ2n) is 7.04. The summed E-state index contributed by atoms with van der Waals surface area (Å²) in [7, 11) is 0. The van der Waals surface area contributed by atoms with E-state index in [2.05, 4.69) is 10.2 Å². The Labute approximate surface area is 163 Å². The van der Waals surface area contributed by atoms with Gasteiger partial charge in [0.1, 0.15) is 11.4 Å². The van der Waals surface area contributed by atoms with Gasteiger partial charge in [-0.25, -0.2) is 9.18 Å². The molecule has 2 heterocycles. The number of halogens is 1. The number of nitrogens with one attached hydrogen (secondary N) is 1. The van der Waals surface area contributed by atoms with E-state index in [-0.39, 0.29) is 11.4 Å². The summed E-state index contributed by atoms with van der Waals surface area (Å²) in [5.41, 5.74) is 1.96. The third-order valence-corrected chi connectivity index (χ3v) is 5.15. The van der Waals surface area contributed by atoms with Crippen LogP contribution in [0.5, 0.6) is 0 Å². The van der Waals surface area contributed by atoms with Crippen molar-refractivity contribution in [1.29, 1.82) is 0 Å². The topological polar surface area (TPSA) is 45.5 Å². The Morgan fingerprint density at radius 3 is 2.75 bits per heavy atom. The zero-order valence-electron chi connectivity index (χ0n) is 15.6. The van der Waals surface area contributed by atoms with Crippen molar-refractivity contribution in [3.8, 4) is 0 Å². The molecule has 1 aliphatic heterocycles. The molecule has 0 spiro atoms. The Kier molecular flexibility index (Phi) is 5.53. The van der Waals surface area contributed by atoms with Crippen molar-refractivity contribution < 1.29 is 8.81 Å². The second kappa shape index (κ2) is 8.40. The van der Waals surface area contributed by atoms with E-state index >= 15 is 0 Å². The van der Waals surface area contributed by atoms with Crippen LogP contribution in [0.2, 0.25) is 0 Å². The first-order valence-corrected chi connectivity index (χ1v) is 9.63. The minimum Gasteiger partial charge on any atom is -0.423 e. The molecule has 1 aliphatic rings. The quantitative estimate of drug-likeness (QED) is 0.676. The zero-order valence-corrected chi connectivity index (χ0v) is 15.6. The summed E-state index contributed by atoms with van der Waals surface area (Å²) >= 11 is 0. The van der Waals surface area contributed by atoms with E-state index in [1.54, 1.807) is 12.1 Å². The maximum absolute atomic E-state index is 13.4. The normalized spacial score (nSPS) is 15.3. The van der Waals surface area contributed by atoms with Gasteiger partial charge < -0.3 is 14.6 Å². The average Bonchev–Trinajstić information content (AvgIpc) is 2.71. The number of benzene rings is 2. The molecule has 4 nitrogen and oxygen atoms in total. The number of fused-ring (bicyclic) bond motifs is 1. The lowest BCUT2D eigenvalue weighted by atomic mass is 10.0. The van der Waals surface area contributed by atoms with Crippen LogP contribution in [0.15, 0.2) is 69.9 Å². The van der Waals surface area contributed by atoms with Gasteiger partial charge in [0.15, 0.2) is 0 Å². The molecular weight excluding hydrogens is 355 g/mol. The van der Waals surface area contributed by atoms with E-state index in [4.69, 9.17) is 4.42 Å². The lowest BCUT2D eigenvalue weighted by molar-refractivity contribution is 0.437. The first kappa shape index (κ1) is 18.4. The Morgan fingerprint density at radius 2 is 1.93 bits per heavy atom. The summed E-state index contributed by atoms with van der Waals surface area (Å²) in [6.07, 6.45) is 5.95. The molecule has 1 fully saturated rings. The molecule has 1 N–H and O–H groups in total. The van der Waals surface area contributed by atoms with Crippen LogP contribution in [0, 0.1) is 5.82 Å². The van der Waals surface area contributed by atoms with Crippen LogP contribution >= 0.6 is 0 Å². The molecule has 0 unspecified atom stereocenters. The highest BCUT2D eigenvalue weighted by molar-refractivity contribution is 5.90. The molecule has 28 heavy (non-hydrogen) atoms. The Bertz CT molecular complexity index is 1040. The summed E-state index contributed by atoms with van der Waals surface area (Å²) in [6.45, 7) is 2.54. The third kappa shape index (κ3) is 4.15. The van der Waals surface area contributed by atoms with E-state index in [1.165, 1.54) is 12.1 Å². The summed E-state index contributed by atoms with van der Waals surface area (Å²) in [5.74, 6) is -0.246. The van der Waals surface area contributed by atoms with E-state index in [1.807, 2.05) is 42.5 Å². The summed E-state index contributed by atoms with van der Waals surface area (Å²) in [5, 5.41) is 4.32. The SMILES string of the molecule is O=c1cc(N(C/C=C/c2cccc(F)c2)C2CCNCC2)c2ccccc2o1. The minimum atomic E-state index is -0.346. The minimum absolute atomic E-state index is 0.246. The van der Waals surface area contributed by atoms with Gasteiger partial charge in [-0.3, -0.25) is 0 Å². The average molecular weight is 378 g/mol. The second-order valence-corrected chi connectivity index (χ2v) is 7.04. The van der Waals surface area contributed by atoms with Gasteiger partial charge in [0.2, 0.25) is 0 Å². The molecule has 5 heteroatoms. The van der Waals surface area contributed by atoms with Crippen LogP contribution in [-0.4, -0.2) is 25.7 Å². The van der Waals surface area contributed by atoms with Crippen LogP contribution in [0.4, 0.5) is 10.1 Å². The number of hydrogen-bond donors (Lipinski definition) is 1. The standard InChI is InChI=1S/C23H23FN2O2/c24-18-7-3-5-17(15-18)6-4-14-26(19-10-12-25-13-11-19)21-16-23(27)28-22-9-2-1-8-20(21)22/h1-9,15-16,19,25H,10-14H2/b6-4+. The highest BCUT2D eigenvalue weighted by atomic mass is 19.1. The molecule has 2 aromatic carbocycles. The first-order valence-electron chi connectivity index (χ1n) is 9.63. The van der Waals surface area contributed by atoms with Crippen LogP contribution < -0.4 is 15.8 Å². The molecule has 0 bridgehead atoms. The molecule has 3 aromatic rings. The van der Waals surface area contributed by atoms with Gasteiger partial charge in [-0.2, -0.15) is 0 Å². The van der Waals surface area contributed by atoms with Crippen LogP contribution in [0.3, 0.4) is 0 Å². The Balaban J connectivity index is 1.69. The largest absolute Gasteiger partial charge is 0.423 e. The molecule has 0 radical (unpaired) electrons. The lowest BCUT2D eigenvalue weighted by Gasteiger charge is -2.36. The summed E-state index contributed by atoms with van der Waals surface area (Å²) in [6, 6.07) is 16.1. The highest BCUT2D eigenvalue weighted by Gasteiger charge is 2.22. The molecule has 0 saturated carbocycles. The number of rotatable bonds is 5. The van der Waals surface area contributed by atoms with Gasteiger partial charge in [-0.15, -0.1) is 0 Å². The maximum atomic E-state index is 13.4. The van der Waals surface area contributed by atoms with Crippen molar-refractivity contribution in [2.75, 3.05) is 24.5 Å². The number of nitrogens with zero attached hydrogens (tertiary/aromatic N) is 1. The van der Waals surface area contributed by atoms with Crippen molar-refractivity contribution in [3.63, 3.8) is 0 Å². The van der Waals surface area contributed by atoms with Crippen LogP contribution in [0.1, 0.15) is 18.4 Å². The summed E-state index contributed by atoms with van der Waals surface area (Å²) in [4.78, 5) is 14.4. The van der Waals surface area contributed by atoms with Crippen molar-refractivity contribution >= 4 is 22.7 Å². The number of para-hydroxylation sites is 1. The molecule has 0 aliphatic carbocycles. The van der Waals surface area contributed by atoms with Gasteiger partial charge in [-0.1, -0.05) is 36.4 Å². The predicted molar refractivity (Wildman–Crippen MR) is 111 cm³/mol. The van der Waals surface area contributed by atoms with Gasteiger partial charge in [0.05, 0.1) is 5.69 Å². The molecule has 0 atom stereocenters. The Morgan fingerprint density at radius 1 is 1.11 bits per heavy atom. The fraction of sp³-hybridized carbons (Fsp3) is 0.261. The number of anilines is 1. The summed E-state index contributed by atoms with van der Waals surface area (Å²) < 4.78 is 18.8. The monoisotopic (exact) mass is 378 g/mol. The van der Waals surface area contributed by atoms with E-state index in [0.29, 0.717) is 18.2 Å². The maximum Gasteiger partial charge on any atom is 0.338 e. The lowest BCUT2D eigenvalue weighted by Crippen LogP contribution is -2.43. The van der Waals surface area contributed by atoms with Crippen LogP contribution in [0.25, 0.3) is 17.0 Å². The van der Waals surface area contributed by atoms with E-state index in [9.17, 15) is 9.18 Å². The van der Waals surface area contributed by atoms with Crippen LogP contribution in [-0.2, 0) is 0 Å². The number of hydrogen-bond acceptors (Lipinski definition) is 4. The fourth-order valence-electron chi connectivity index (χ4n) is 3.81. The molecule has 144 valence electrons. The van der Waals surface area contributed by atoms with Crippen molar-refractivity contribution in [2.24, 2.45) is 0 Å². The molecular formula is C23H23FN2O2. The van der Waals surface area contributed by atoms with Crippen molar-refractivity contribution in [3.05, 3.63) is 82.5 Å². The number of piperidine rings is 1. The van der Waals surface area contributed by atoms with Gasteiger partial charge in [0.25, 0.3) is 0 Å². The zero-order chi connectivity index (χ0) is 19.3. The highest BCUT2D eigenvalue weighted by Crippen LogP contribution is 2.29. The van der Waals surface area contributed by atoms with Gasteiger partial charge >= 0.3 is 5.63 Å². The molecule has 4 rings (SSSR count). The van der Waals surface area contributed by atoms with Gasteiger partial charge in [-0.05, 0) is 55.8 Å². The smallest absolute Gasteiger partial charge is 0.338 e. The first-order chi connectivity index (χ1) is 13.7. The Hall–Kier alpha value is -2.92. The molecule has 0 amide bonds. The van der Waals surface area contributed by atoms with Crippen molar-refractivity contribution in [2.45, 2.75) is 18.9 Å². The third-order valence-electron chi connectivity index (χ3n) is 5.15. The van der Waals surface area contributed by atoms with E-state index in [0.717, 1.165) is 42.6 Å². The molecule has 1 aromatic heterocycles. The predicted octanol–water partition coefficient (Wildman–Crippen LogP) is 4.20. The van der Waals surface area contributed by atoms with Gasteiger partial charge in [0, 0.05) is 24.0 Å². The fourth-order valence-corrected chi connectivity index (χ4v) is 3.81. The van der Waals surface area contributed by atoms with E-state index < -0.39 is 0 Å². The molecule has 1 saturated heterocycles.